The fraction of sp³-hybridized carbons (Fsp3) is 0.389. The van der Waals surface area contributed by atoms with Gasteiger partial charge < -0.3 is 24.4 Å². The van der Waals surface area contributed by atoms with E-state index >= 15 is 0 Å². The average Bonchev–Trinajstić information content (AvgIpc) is 3.44. The highest BCUT2D eigenvalue weighted by Crippen LogP contribution is 2.46. The third-order valence-corrected chi connectivity index (χ3v) is 11.7. The van der Waals surface area contributed by atoms with Crippen molar-refractivity contribution in [2.24, 2.45) is 5.16 Å². The van der Waals surface area contributed by atoms with Gasteiger partial charge in [0, 0.05) is 55.7 Å². The van der Waals surface area contributed by atoms with Crippen molar-refractivity contribution >= 4 is 27.4 Å². The number of rotatable bonds is 7. The summed E-state index contributed by atoms with van der Waals surface area (Å²) >= 11 is 0. The topological polar surface area (TPSA) is 136 Å². The van der Waals surface area contributed by atoms with Gasteiger partial charge >= 0.3 is 0 Å². The molecule has 11 nitrogen and oxygen atoms in total. The summed E-state index contributed by atoms with van der Waals surface area (Å²) in [6, 6.07) is 8.76. The van der Waals surface area contributed by atoms with E-state index in [1.807, 2.05) is 6.92 Å². The van der Waals surface area contributed by atoms with Gasteiger partial charge in [-0.2, -0.15) is 0 Å². The summed E-state index contributed by atoms with van der Waals surface area (Å²) in [7, 11) is -3.53. The molecule has 4 heterocycles. The number of carbonyl (C=O) groups is 2. The van der Waals surface area contributed by atoms with E-state index in [9.17, 15) is 36.0 Å². The molecule has 1 fully saturated rings. The molecule has 51 heavy (non-hydrogen) atoms. The number of halogens is 3. The number of pyridine rings is 1. The number of amides is 2. The van der Waals surface area contributed by atoms with Crippen LogP contribution >= 0.6 is 0 Å². The molecule has 3 aliphatic rings. The Morgan fingerprint density at radius 3 is 2.51 bits per heavy atom. The van der Waals surface area contributed by atoms with Gasteiger partial charge in [0.25, 0.3) is 11.8 Å². The highest BCUT2D eigenvalue weighted by molar-refractivity contribution is 7.92. The number of sulfone groups is 1. The second kappa shape index (κ2) is 13.2. The molecule has 3 atom stereocenters. The van der Waals surface area contributed by atoms with E-state index in [-0.39, 0.29) is 37.0 Å². The van der Waals surface area contributed by atoms with Gasteiger partial charge in [-0.15, -0.1) is 0 Å². The predicted octanol–water partition coefficient (Wildman–Crippen LogP) is 4.30. The Balaban J connectivity index is 1.44. The van der Waals surface area contributed by atoms with Crippen molar-refractivity contribution in [1.29, 1.82) is 0 Å². The third kappa shape index (κ3) is 6.72. The first-order valence-electron chi connectivity index (χ1n) is 16.2. The van der Waals surface area contributed by atoms with Crippen LogP contribution < -0.4 is 15.5 Å². The van der Waals surface area contributed by atoms with Crippen molar-refractivity contribution < 1.29 is 40.8 Å². The molecule has 1 aromatic heterocycles. The Hall–Kier alpha value is -5.10. The van der Waals surface area contributed by atoms with Gasteiger partial charge in [0.1, 0.15) is 40.1 Å². The molecule has 2 amide bonds. The molecular formula is C36H35F3N4O7S. The molecule has 0 aliphatic carbocycles. The molecule has 268 valence electrons. The Morgan fingerprint density at radius 2 is 1.84 bits per heavy atom. The van der Waals surface area contributed by atoms with Gasteiger partial charge in [-0.25, -0.2) is 21.6 Å². The van der Waals surface area contributed by atoms with Crippen LogP contribution in [0.5, 0.6) is 5.75 Å². The van der Waals surface area contributed by atoms with Crippen LogP contribution in [0, 0.1) is 29.3 Å². The number of aromatic nitrogens is 1. The van der Waals surface area contributed by atoms with Gasteiger partial charge in [0.2, 0.25) is 5.43 Å². The minimum atomic E-state index is -3.53. The van der Waals surface area contributed by atoms with Gasteiger partial charge in [-0.3, -0.25) is 14.4 Å². The minimum absolute atomic E-state index is 0.103. The smallest absolute Gasteiger partial charge is 0.274 e. The Bertz CT molecular complexity index is 2170. The maximum absolute atomic E-state index is 14.4. The molecule has 3 aliphatic heterocycles. The van der Waals surface area contributed by atoms with Crippen LogP contribution in [-0.4, -0.2) is 64.6 Å². The molecule has 2 bridgehead atoms. The predicted molar refractivity (Wildman–Crippen MR) is 180 cm³/mol. The molecule has 2 aromatic carbocycles. The summed E-state index contributed by atoms with van der Waals surface area (Å²) < 4.78 is 73.0. The molecule has 6 rings (SSSR count). The lowest BCUT2D eigenvalue weighted by Crippen LogP contribution is -2.52. The van der Waals surface area contributed by atoms with Crippen LogP contribution in [0.25, 0.3) is 0 Å². The first kappa shape index (κ1) is 35.7. The number of nitrogens with one attached hydrogen (secondary N) is 1. The van der Waals surface area contributed by atoms with E-state index in [4.69, 9.17) is 9.57 Å². The molecular weight excluding hydrogens is 689 g/mol. The lowest BCUT2D eigenvalue weighted by Gasteiger charge is -2.42. The van der Waals surface area contributed by atoms with Gasteiger partial charge in [-0.05, 0) is 45.1 Å². The second-order valence-electron chi connectivity index (χ2n) is 13.5. The SMILES string of the molecule is C[C@H]1CCC2(CC(C#CC(C)(C)S(C)(=O)=O)=NO2)[C@H]2CN1C(=O)c1c(OCc3ccccc3)c(=O)c(C(=O)NCc3c(F)cc(F)cc3F)cn12. The van der Waals surface area contributed by atoms with E-state index in [1.54, 1.807) is 35.2 Å². The molecule has 3 aromatic rings. The normalized spacial score (nSPS) is 21.2. The number of hydrogen-bond acceptors (Lipinski definition) is 8. The Labute approximate surface area is 292 Å². The number of fused-ring (bicyclic) bond motifs is 5. The van der Waals surface area contributed by atoms with Crippen LogP contribution in [0.4, 0.5) is 13.2 Å². The summed E-state index contributed by atoms with van der Waals surface area (Å²) in [5.74, 6) is 0.118. The first-order chi connectivity index (χ1) is 24.0. The fourth-order valence-corrected chi connectivity index (χ4v) is 6.59. The Morgan fingerprint density at radius 1 is 1.16 bits per heavy atom. The quantitative estimate of drug-likeness (QED) is 0.359. The lowest BCUT2D eigenvalue weighted by molar-refractivity contribution is -0.0656. The van der Waals surface area contributed by atoms with Crippen LogP contribution in [0.2, 0.25) is 0 Å². The van der Waals surface area contributed by atoms with E-state index in [0.717, 1.165) is 6.26 Å². The number of oxime groups is 1. The number of benzene rings is 2. The summed E-state index contributed by atoms with van der Waals surface area (Å²) in [5, 5.41) is 6.56. The third-order valence-electron chi connectivity index (χ3n) is 9.73. The van der Waals surface area contributed by atoms with Crippen molar-refractivity contribution in [3.63, 3.8) is 0 Å². The zero-order valence-corrected chi connectivity index (χ0v) is 29.1. The van der Waals surface area contributed by atoms with Crippen molar-refractivity contribution in [1.82, 2.24) is 14.8 Å². The first-order valence-corrected chi connectivity index (χ1v) is 18.1. The maximum Gasteiger partial charge on any atom is 0.274 e. The second-order valence-corrected chi connectivity index (χ2v) is 16.1. The van der Waals surface area contributed by atoms with Crippen molar-refractivity contribution in [2.75, 3.05) is 12.8 Å². The largest absolute Gasteiger partial charge is 0.483 e. The average molecular weight is 725 g/mol. The molecule has 1 spiro atoms. The molecule has 0 radical (unpaired) electrons. The molecule has 15 heteroatoms. The van der Waals surface area contributed by atoms with Gasteiger partial charge in [-0.1, -0.05) is 41.4 Å². The number of hydrogen-bond donors (Lipinski definition) is 1. The zero-order valence-electron chi connectivity index (χ0n) is 28.3. The van der Waals surface area contributed by atoms with E-state index in [0.29, 0.717) is 30.5 Å². The van der Waals surface area contributed by atoms with E-state index in [2.05, 4.69) is 22.3 Å². The highest BCUT2D eigenvalue weighted by Gasteiger charge is 2.54. The summed E-state index contributed by atoms with van der Waals surface area (Å²) in [5.41, 5.74) is -2.31. The monoisotopic (exact) mass is 724 g/mol. The van der Waals surface area contributed by atoms with Crippen LogP contribution in [-0.2, 0) is 27.8 Å². The molecule has 1 unspecified atom stereocenters. The number of nitrogens with zero attached hydrogens (tertiary/aromatic N) is 3. The van der Waals surface area contributed by atoms with E-state index in [1.165, 1.54) is 24.6 Å². The maximum atomic E-state index is 14.4. The van der Waals surface area contributed by atoms with E-state index < -0.39 is 84.3 Å². The van der Waals surface area contributed by atoms with Gasteiger partial charge in [0.05, 0.1) is 6.04 Å². The summed E-state index contributed by atoms with van der Waals surface area (Å²) in [4.78, 5) is 49.6. The van der Waals surface area contributed by atoms with Crippen molar-refractivity contribution in [3.8, 4) is 17.6 Å². The molecule has 1 saturated heterocycles. The lowest BCUT2D eigenvalue weighted by atomic mass is 9.84. The molecule has 0 saturated carbocycles. The standard InChI is InChI=1S/C36H35F3N4O7S/c1-21-10-13-36(16-24(41-50-36)11-12-35(2,3)51(4,47)48)29-19-42(21)34(46)30-32(49-20-22-8-6-5-7-9-22)31(44)26(18-43(29)30)33(45)40-17-25-27(38)14-23(37)15-28(25)39/h5-9,14-15,18,21,29H,10,13,16-17,19-20H2,1-4H3,(H,40,45)/t21-,29+,36?/m0/s1. The van der Waals surface area contributed by atoms with Crippen molar-refractivity contribution in [2.45, 2.75) is 75.6 Å². The van der Waals surface area contributed by atoms with Crippen molar-refractivity contribution in [3.05, 3.63) is 98.7 Å². The highest BCUT2D eigenvalue weighted by atomic mass is 32.2. The van der Waals surface area contributed by atoms with Crippen LogP contribution in [0.1, 0.15) is 78.0 Å². The summed E-state index contributed by atoms with van der Waals surface area (Å²) in [6.07, 6.45) is 3.29. The Kier molecular flexibility index (Phi) is 9.26. The van der Waals surface area contributed by atoms with Gasteiger partial charge in [0.15, 0.2) is 26.9 Å². The fourth-order valence-electron chi connectivity index (χ4n) is 6.35. The summed E-state index contributed by atoms with van der Waals surface area (Å²) in [6.45, 7) is 4.09. The minimum Gasteiger partial charge on any atom is -0.483 e. The zero-order chi connectivity index (χ0) is 36.9. The van der Waals surface area contributed by atoms with Crippen LogP contribution in [0.3, 0.4) is 0 Å². The van der Waals surface area contributed by atoms with Crippen LogP contribution in [0.15, 0.2) is 58.6 Å². The number of carbonyl (C=O) groups excluding carboxylic acids is 2. The molecule has 1 N–H and O–H groups in total. The number of ether oxygens (including phenoxy) is 1.